The third kappa shape index (κ3) is 0.697. The summed E-state index contributed by atoms with van der Waals surface area (Å²) >= 11 is 0. The fourth-order valence-corrected chi connectivity index (χ4v) is 45.6. The molecule has 30 rings (SSSR count). The average molecular weight is 671 g/mol. The molecule has 0 saturated heterocycles. The summed E-state index contributed by atoms with van der Waals surface area (Å²) in [6, 6.07) is 0. The van der Waals surface area contributed by atoms with Gasteiger partial charge in [0.15, 0.2) is 0 Å². The third-order valence-corrected chi connectivity index (χ3v) is 39.0. The van der Waals surface area contributed by atoms with E-state index in [1.54, 1.807) is 19.3 Å². The molecule has 0 radical (unpaired) electrons. The van der Waals surface area contributed by atoms with Crippen molar-refractivity contribution in [1.29, 1.82) is 0 Å². The van der Waals surface area contributed by atoms with Crippen LogP contribution in [0.2, 0.25) is 0 Å². The molecule has 0 aromatic carbocycles. The minimum atomic E-state index is 0.965. The van der Waals surface area contributed by atoms with Gasteiger partial charge in [0.2, 0.25) is 0 Å². The summed E-state index contributed by atoms with van der Waals surface area (Å²) in [5, 5.41) is 0. The molecule has 30 fully saturated rings. The van der Waals surface area contributed by atoms with Crippen LogP contribution in [-0.2, 0) is 0 Å². The van der Waals surface area contributed by atoms with Gasteiger partial charge in [-0.3, -0.25) is 0 Å². The van der Waals surface area contributed by atoms with Crippen molar-refractivity contribution in [3.05, 3.63) is 0 Å². The van der Waals surface area contributed by atoms with E-state index in [9.17, 15) is 0 Å². The Hall–Kier alpha value is 0. The van der Waals surface area contributed by atoms with Crippen LogP contribution in [0.25, 0.3) is 0 Å². The zero-order valence-corrected chi connectivity index (χ0v) is 30.0. The Morgan fingerprint density at radius 1 is 0.365 bits per heavy atom. The largest absolute Gasteiger partial charge is 0.0499 e. The molecule has 44 unspecified atom stereocenters. The smallest absolute Gasteiger partial charge is 0.00625 e. The summed E-state index contributed by atoms with van der Waals surface area (Å²) in [5.41, 5.74) is 14.4. The molecule has 0 aromatic rings. The normalized spacial score (nSPS) is 118. The molecule has 30 saturated carbocycles. The van der Waals surface area contributed by atoms with Gasteiger partial charge in [-0.15, -0.1) is 0 Å². The average Bonchev–Trinajstić information content (AvgIpc) is 3.04. The van der Waals surface area contributed by atoms with Crippen LogP contribution in [0.3, 0.4) is 0 Å². The van der Waals surface area contributed by atoms with Gasteiger partial charge in [-0.1, -0.05) is 0 Å². The quantitative estimate of drug-likeness (QED) is 0.266. The maximum Gasteiger partial charge on any atom is -0.00625 e. The molecule has 0 heteroatoms. The topological polar surface area (TPSA) is 0 Å². The minimum Gasteiger partial charge on any atom is -0.0499 e. The van der Waals surface area contributed by atoms with E-state index in [1.807, 2.05) is 32.1 Å². The molecule has 30 aliphatic carbocycles. The van der Waals surface area contributed by atoms with Crippen LogP contribution in [0, 0.1) is 253 Å². The standard InChI is InChI=1S/C52H46/c1-2-13-14-3-10-4-16-23-29-30-24-17-6-15-18-19-20-12-5-11-9(1)7-40(13)41(14)8-39(10,16)49(23)37(36-34-31-25(18)42(15,17)44(24,31)46(30,34)48(29,36)49)51(41)38-35-32-26(19)43(20)21(12)27-33-28-22(11)52(40,51)50(28,38)47(33,35)45(27,32)43/h9-38H,1-8H2. The lowest BCUT2D eigenvalue weighted by molar-refractivity contribution is -0.908. The molecular formula is C52H46. The highest BCUT2D eigenvalue weighted by molar-refractivity contribution is 5.82. The van der Waals surface area contributed by atoms with Gasteiger partial charge < -0.3 is 0 Å². The van der Waals surface area contributed by atoms with E-state index in [0.717, 1.165) is 75.8 Å². The Labute approximate surface area is 303 Å². The van der Waals surface area contributed by atoms with Gasteiger partial charge in [0, 0.05) is 0 Å². The summed E-state index contributed by atoms with van der Waals surface area (Å²) in [6.07, 6.45) is 14.8. The highest BCUT2D eigenvalue weighted by atomic mass is 15.4. The van der Waals surface area contributed by atoms with Gasteiger partial charge >= 0.3 is 0 Å². The third-order valence-electron chi connectivity index (χ3n) is 39.0. The van der Waals surface area contributed by atoms with Crippen LogP contribution in [0.1, 0.15) is 51.4 Å². The van der Waals surface area contributed by atoms with Crippen LogP contribution in [0.4, 0.5) is 0 Å². The second-order valence-electron chi connectivity index (χ2n) is 31.4. The van der Waals surface area contributed by atoms with Crippen LogP contribution >= 0.6 is 0 Å². The minimum absolute atomic E-state index is 0.965. The maximum atomic E-state index is 1.98. The van der Waals surface area contributed by atoms with Gasteiger partial charge in [0.05, 0.1) is 0 Å². The van der Waals surface area contributed by atoms with Gasteiger partial charge in [0.25, 0.3) is 0 Å². The molecule has 0 heterocycles. The van der Waals surface area contributed by atoms with E-state index < -0.39 is 0 Å². The zero-order chi connectivity index (χ0) is 30.0. The number of hydrogen-bond acceptors (Lipinski definition) is 0. The Morgan fingerprint density at radius 3 is 2.04 bits per heavy atom. The summed E-state index contributed by atoms with van der Waals surface area (Å²) in [4.78, 5) is 0. The lowest BCUT2D eigenvalue weighted by Crippen LogP contribution is -3.34. The first-order valence-electron chi connectivity index (χ1n) is 25.8. The molecule has 0 aromatic heterocycles. The Bertz CT molecular complexity index is 2730. The van der Waals surface area contributed by atoms with Crippen LogP contribution < -0.4 is 0 Å². The first kappa shape index (κ1) is 20.6. The molecule has 0 aliphatic heterocycles. The highest BCUT2D eigenvalue weighted by Gasteiger charge is 3.37. The lowest BCUT2D eigenvalue weighted by Gasteiger charge is -3.36. The Balaban J connectivity index is 0.845. The van der Waals surface area contributed by atoms with Crippen LogP contribution in [-0.4, -0.2) is 0 Å². The van der Waals surface area contributed by atoms with E-state index >= 15 is 0 Å². The zero-order valence-electron chi connectivity index (χ0n) is 30.0. The number of rotatable bonds is 0. The van der Waals surface area contributed by atoms with E-state index in [2.05, 4.69) is 0 Å². The number of hydrogen-bond donors (Lipinski definition) is 0. The molecule has 14 spiro atoms. The predicted octanol–water partition coefficient (Wildman–Crippen LogP) is 6.81. The van der Waals surface area contributed by atoms with Gasteiger partial charge in [-0.25, -0.2) is 0 Å². The van der Waals surface area contributed by atoms with Crippen molar-refractivity contribution >= 4 is 0 Å². The Kier molecular flexibility index (Phi) is 1.53. The van der Waals surface area contributed by atoms with Crippen molar-refractivity contribution in [2.45, 2.75) is 51.4 Å². The molecule has 30 aliphatic rings. The molecule has 0 N–H and O–H groups in total. The Morgan fingerprint density at radius 2 is 1.08 bits per heavy atom. The summed E-state index contributed by atoms with van der Waals surface area (Å²) in [5.74, 6) is 40.3. The van der Waals surface area contributed by atoms with Gasteiger partial charge in [0.1, 0.15) is 0 Å². The molecule has 254 valence electrons. The van der Waals surface area contributed by atoms with Crippen molar-refractivity contribution in [3.8, 4) is 0 Å². The fraction of sp³-hybridized carbons (Fsp3) is 1.00. The first-order valence-corrected chi connectivity index (χ1v) is 25.8. The fourth-order valence-electron chi connectivity index (χ4n) is 45.6. The summed E-state index contributed by atoms with van der Waals surface area (Å²) < 4.78 is 0. The molecule has 4 bridgehead atoms. The van der Waals surface area contributed by atoms with Crippen molar-refractivity contribution < 1.29 is 0 Å². The van der Waals surface area contributed by atoms with Crippen molar-refractivity contribution in [2.75, 3.05) is 0 Å². The second kappa shape index (κ2) is 3.85. The van der Waals surface area contributed by atoms with E-state index in [0.29, 0.717) is 0 Å². The molecule has 52 heavy (non-hydrogen) atoms. The van der Waals surface area contributed by atoms with Crippen LogP contribution in [0.15, 0.2) is 0 Å². The maximum absolute atomic E-state index is 1.98. The van der Waals surface area contributed by atoms with Crippen molar-refractivity contribution in [1.82, 2.24) is 0 Å². The molecule has 0 amide bonds. The van der Waals surface area contributed by atoms with Gasteiger partial charge in [-0.05, 0) is 305 Å². The summed E-state index contributed by atoms with van der Waals surface area (Å²) in [7, 11) is 0. The van der Waals surface area contributed by atoms with E-state index in [1.165, 1.54) is 178 Å². The van der Waals surface area contributed by atoms with Crippen molar-refractivity contribution in [3.63, 3.8) is 0 Å². The monoisotopic (exact) mass is 670 g/mol. The number of fused-ring (bicyclic) bond motifs is 12. The SMILES string of the molecule is C1CC2C3CC4CC5C6C7C8C9C%10CC%11C%12C%13C%14C%15CC%16C1CC21C32CC45C63C(C4C5C6C%12C%11%10C96C85C743)C23C2C4C5C%13C%146C%15C7C8C9C%16C13C92C84C756. The van der Waals surface area contributed by atoms with E-state index in [-0.39, 0.29) is 0 Å². The highest BCUT2D eigenvalue weighted by Crippen LogP contribution is 3.39. The molecular weight excluding hydrogens is 625 g/mol. The van der Waals surface area contributed by atoms with E-state index in [4.69, 9.17) is 0 Å². The second-order valence-corrected chi connectivity index (χ2v) is 31.4. The lowest BCUT2D eigenvalue weighted by atomic mass is 8.67. The first-order chi connectivity index (χ1) is 25.8. The molecule has 0 nitrogen and oxygen atoms in total. The molecule has 44 atom stereocenters. The van der Waals surface area contributed by atoms with Gasteiger partial charge in [-0.2, -0.15) is 0 Å². The predicted molar refractivity (Wildman–Crippen MR) is 176 cm³/mol. The van der Waals surface area contributed by atoms with Crippen molar-refractivity contribution in [2.24, 2.45) is 253 Å². The summed E-state index contributed by atoms with van der Waals surface area (Å²) in [6.45, 7) is 0. The van der Waals surface area contributed by atoms with Crippen LogP contribution in [0.5, 0.6) is 0 Å².